The summed E-state index contributed by atoms with van der Waals surface area (Å²) in [6.45, 7) is 1.88. The molecule has 6 heteroatoms. The summed E-state index contributed by atoms with van der Waals surface area (Å²) in [4.78, 5) is 16.6. The number of fused-ring (bicyclic) bond motifs is 1. The van der Waals surface area contributed by atoms with Crippen LogP contribution in [0.4, 0.5) is 5.69 Å². The standard InChI is InChI=1S/C22H17ClN2O3/c1-14-5-2-3-8-19(14)27-13-20(26)24-16-11-9-15(10-12-16)22-25-18-7-4-6-17(23)21(18)28-22/h2-12H,13H2,1H3,(H,24,26). The predicted molar refractivity (Wildman–Crippen MR) is 110 cm³/mol. The third kappa shape index (κ3) is 3.85. The summed E-state index contributed by atoms with van der Waals surface area (Å²) in [5, 5.41) is 3.33. The smallest absolute Gasteiger partial charge is 0.262 e. The fraction of sp³-hybridized carbons (Fsp3) is 0.0909. The number of carbonyl (C=O) groups excluding carboxylic acids is 1. The van der Waals surface area contributed by atoms with Gasteiger partial charge in [0.1, 0.15) is 11.3 Å². The van der Waals surface area contributed by atoms with Gasteiger partial charge >= 0.3 is 0 Å². The quantitative estimate of drug-likeness (QED) is 0.488. The van der Waals surface area contributed by atoms with Crippen molar-refractivity contribution in [3.63, 3.8) is 0 Å². The number of aryl methyl sites for hydroxylation is 1. The Bertz CT molecular complexity index is 1140. The summed E-state index contributed by atoms with van der Waals surface area (Å²) in [5.74, 6) is 0.941. The first-order valence-electron chi connectivity index (χ1n) is 8.74. The van der Waals surface area contributed by atoms with E-state index >= 15 is 0 Å². The van der Waals surface area contributed by atoms with E-state index in [4.69, 9.17) is 20.8 Å². The lowest BCUT2D eigenvalue weighted by molar-refractivity contribution is -0.118. The van der Waals surface area contributed by atoms with Gasteiger partial charge in [-0.25, -0.2) is 4.98 Å². The average molecular weight is 393 g/mol. The van der Waals surface area contributed by atoms with Crippen molar-refractivity contribution >= 4 is 34.3 Å². The SMILES string of the molecule is Cc1ccccc1OCC(=O)Nc1ccc(-c2nc3cccc(Cl)c3o2)cc1. The number of rotatable bonds is 5. The molecule has 0 spiro atoms. The molecule has 0 saturated heterocycles. The van der Waals surface area contributed by atoms with Crippen molar-refractivity contribution in [1.82, 2.24) is 4.98 Å². The van der Waals surface area contributed by atoms with Gasteiger partial charge in [-0.3, -0.25) is 4.79 Å². The van der Waals surface area contributed by atoms with Crippen molar-refractivity contribution < 1.29 is 13.9 Å². The number of amides is 1. The van der Waals surface area contributed by atoms with Crippen LogP contribution in [-0.2, 0) is 4.79 Å². The minimum Gasteiger partial charge on any atom is -0.483 e. The first-order valence-corrected chi connectivity index (χ1v) is 9.12. The van der Waals surface area contributed by atoms with Crippen LogP contribution in [0.25, 0.3) is 22.6 Å². The molecule has 0 unspecified atom stereocenters. The number of nitrogens with zero attached hydrogens (tertiary/aromatic N) is 1. The number of oxazole rings is 1. The maximum atomic E-state index is 12.1. The van der Waals surface area contributed by atoms with Gasteiger partial charge in [0, 0.05) is 11.3 Å². The Kier molecular flexibility index (Phi) is 5.00. The van der Waals surface area contributed by atoms with Gasteiger partial charge in [0.05, 0.1) is 5.02 Å². The second-order valence-corrected chi connectivity index (χ2v) is 6.69. The highest BCUT2D eigenvalue weighted by Crippen LogP contribution is 2.29. The van der Waals surface area contributed by atoms with E-state index in [-0.39, 0.29) is 12.5 Å². The Labute approximate surface area is 166 Å². The zero-order valence-electron chi connectivity index (χ0n) is 15.1. The summed E-state index contributed by atoms with van der Waals surface area (Å²) >= 11 is 6.13. The first kappa shape index (κ1) is 18.1. The molecule has 1 amide bonds. The molecule has 28 heavy (non-hydrogen) atoms. The minimum absolute atomic E-state index is 0.0593. The molecule has 0 radical (unpaired) electrons. The zero-order valence-corrected chi connectivity index (χ0v) is 15.9. The highest BCUT2D eigenvalue weighted by atomic mass is 35.5. The van der Waals surface area contributed by atoms with Crippen LogP contribution < -0.4 is 10.1 Å². The molecule has 0 saturated carbocycles. The maximum Gasteiger partial charge on any atom is 0.262 e. The van der Waals surface area contributed by atoms with Crippen molar-refractivity contribution in [2.75, 3.05) is 11.9 Å². The third-order valence-electron chi connectivity index (χ3n) is 4.23. The molecule has 1 heterocycles. The third-order valence-corrected chi connectivity index (χ3v) is 4.53. The first-order chi connectivity index (χ1) is 13.6. The predicted octanol–water partition coefficient (Wildman–Crippen LogP) is 5.47. The number of para-hydroxylation sites is 2. The fourth-order valence-corrected chi connectivity index (χ4v) is 3.00. The lowest BCUT2D eigenvalue weighted by atomic mass is 10.2. The van der Waals surface area contributed by atoms with E-state index in [2.05, 4.69) is 10.3 Å². The second-order valence-electron chi connectivity index (χ2n) is 6.29. The molecule has 0 atom stereocenters. The fourth-order valence-electron chi connectivity index (χ4n) is 2.79. The molecule has 0 aliphatic heterocycles. The molecular formula is C22H17ClN2O3. The lowest BCUT2D eigenvalue weighted by Gasteiger charge is -2.09. The van der Waals surface area contributed by atoms with Gasteiger partial charge in [-0.15, -0.1) is 0 Å². The molecule has 3 aromatic carbocycles. The van der Waals surface area contributed by atoms with Gasteiger partial charge in [0.15, 0.2) is 12.2 Å². The van der Waals surface area contributed by atoms with Crippen molar-refractivity contribution in [2.45, 2.75) is 6.92 Å². The van der Waals surface area contributed by atoms with Gasteiger partial charge in [0.2, 0.25) is 5.89 Å². The summed E-state index contributed by atoms with van der Waals surface area (Å²) < 4.78 is 11.3. The summed E-state index contributed by atoms with van der Waals surface area (Å²) in [6.07, 6.45) is 0. The van der Waals surface area contributed by atoms with Gasteiger partial charge in [0.25, 0.3) is 5.91 Å². The number of hydrogen-bond donors (Lipinski definition) is 1. The van der Waals surface area contributed by atoms with E-state index in [0.29, 0.717) is 33.4 Å². The molecule has 4 aromatic rings. The van der Waals surface area contributed by atoms with Crippen LogP contribution in [0.2, 0.25) is 5.02 Å². The van der Waals surface area contributed by atoms with Crippen molar-refractivity contribution in [3.05, 3.63) is 77.3 Å². The number of hydrogen-bond acceptors (Lipinski definition) is 4. The number of nitrogens with one attached hydrogen (secondary N) is 1. The number of ether oxygens (including phenoxy) is 1. The Balaban J connectivity index is 1.42. The Hall–Kier alpha value is -3.31. The minimum atomic E-state index is -0.232. The van der Waals surface area contributed by atoms with Gasteiger partial charge in [-0.2, -0.15) is 0 Å². The summed E-state index contributed by atoms with van der Waals surface area (Å²) in [5.41, 5.74) is 3.70. The number of halogens is 1. The van der Waals surface area contributed by atoms with Crippen LogP contribution in [0, 0.1) is 6.92 Å². The van der Waals surface area contributed by atoms with E-state index < -0.39 is 0 Å². The zero-order chi connectivity index (χ0) is 19.5. The van der Waals surface area contributed by atoms with Crippen molar-refractivity contribution in [2.24, 2.45) is 0 Å². The monoisotopic (exact) mass is 392 g/mol. The van der Waals surface area contributed by atoms with E-state index in [0.717, 1.165) is 11.1 Å². The average Bonchev–Trinajstić information content (AvgIpc) is 3.14. The molecule has 0 bridgehead atoms. The molecule has 1 N–H and O–H groups in total. The van der Waals surface area contributed by atoms with E-state index in [1.807, 2.05) is 55.5 Å². The molecule has 0 fully saturated rings. The van der Waals surface area contributed by atoms with Crippen LogP contribution in [-0.4, -0.2) is 17.5 Å². The van der Waals surface area contributed by atoms with Gasteiger partial charge in [-0.1, -0.05) is 35.9 Å². The topological polar surface area (TPSA) is 64.4 Å². The van der Waals surface area contributed by atoms with Crippen LogP contribution in [0.3, 0.4) is 0 Å². The maximum absolute atomic E-state index is 12.1. The molecule has 0 aliphatic rings. The summed E-state index contributed by atoms with van der Waals surface area (Å²) in [6, 6.07) is 20.2. The Morgan fingerprint density at radius 2 is 1.86 bits per heavy atom. The van der Waals surface area contributed by atoms with Gasteiger partial charge < -0.3 is 14.5 Å². The summed E-state index contributed by atoms with van der Waals surface area (Å²) in [7, 11) is 0. The van der Waals surface area contributed by atoms with E-state index in [9.17, 15) is 4.79 Å². The molecule has 140 valence electrons. The molecule has 4 rings (SSSR count). The molecule has 1 aromatic heterocycles. The number of anilines is 1. The number of benzene rings is 3. The molecular weight excluding hydrogens is 376 g/mol. The normalized spacial score (nSPS) is 10.8. The van der Waals surface area contributed by atoms with Crippen molar-refractivity contribution in [1.29, 1.82) is 0 Å². The Morgan fingerprint density at radius 1 is 1.07 bits per heavy atom. The Morgan fingerprint density at radius 3 is 2.61 bits per heavy atom. The largest absolute Gasteiger partial charge is 0.483 e. The van der Waals surface area contributed by atoms with Crippen molar-refractivity contribution in [3.8, 4) is 17.2 Å². The number of aromatic nitrogens is 1. The second kappa shape index (κ2) is 7.74. The van der Waals surface area contributed by atoms with Gasteiger partial charge in [-0.05, 0) is 55.0 Å². The van der Waals surface area contributed by atoms with E-state index in [1.165, 1.54) is 0 Å². The van der Waals surface area contributed by atoms with Crippen LogP contribution >= 0.6 is 11.6 Å². The van der Waals surface area contributed by atoms with Crippen LogP contribution in [0.5, 0.6) is 5.75 Å². The van der Waals surface area contributed by atoms with Crippen LogP contribution in [0.15, 0.2) is 71.1 Å². The highest BCUT2D eigenvalue weighted by molar-refractivity contribution is 6.34. The highest BCUT2D eigenvalue weighted by Gasteiger charge is 2.11. The number of carbonyl (C=O) groups is 1. The molecule has 5 nitrogen and oxygen atoms in total. The van der Waals surface area contributed by atoms with Crippen LogP contribution in [0.1, 0.15) is 5.56 Å². The lowest BCUT2D eigenvalue weighted by Crippen LogP contribution is -2.20. The molecule has 0 aliphatic carbocycles. The van der Waals surface area contributed by atoms with E-state index in [1.54, 1.807) is 18.2 Å².